The minimum atomic E-state index is -0.176. The number of carbonyl (C=O) groups excluding carboxylic acids is 2. The summed E-state index contributed by atoms with van der Waals surface area (Å²) in [5.74, 6) is 0.520. The van der Waals surface area contributed by atoms with Gasteiger partial charge in [-0.3, -0.25) is 19.6 Å². The highest BCUT2D eigenvalue weighted by Crippen LogP contribution is 2.32. The molecule has 1 aliphatic rings. The molecule has 1 aliphatic carbocycles. The molecule has 2 amide bonds. The molecule has 1 saturated carbocycles. The van der Waals surface area contributed by atoms with Crippen molar-refractivity contribution in [2.24, 2.45) is 5.92 Å². The van der Waals surface area contributed by atoms with Gasteiger partial charge in [0.1, 0.15) is 0 Å². The van der Waals surface area contributed by atoms with E-state index >= 15 is 0 Å². The van der Waals surface area contributed by atoms with Crippen molar-refractivity contribution in [2.75, 3.05) is 11.4 Å². The molecule has 1 aromatic carbocycles. The third kappa shape index (κ3) is 4.89. The molecule has 30 heavy (non-hydrogen) atoms. The average Bonchev–Trinajstić information content (AvgIpc) is 3.61. The molecule has 1 fully saturated rings. The van der Waals surface area contributed by atoms with Crippen molar-refractivity contribution in [3.8, 4) is 11.3 Å². The number of amides is 2. The summed E-state index contributed by atoms with van der Waals surface area (Å²) in [5, 5.41) is 2.87. The number of carbonyl (C=O) groups is 2. The van der Waals surface area contributed by atoms with Crippen LogP contribution < -0.4 is 10.2 Å². The lowest BCUT2D eigenvalue weighted by atomic mass is 10.1. The normalized spacial score (nSPS) is 13.0. The Morgan fingerprint density at radius 3 is 2.47 bits per heavy atom. The number of hydrogen-bond donors (Lipinski definition) is 1. The Morgan fingerprint density at radius 2 is 1.87 bits per heavy atom. The first-order valence-corrected chi connectivity index (χ1v) is 10.1. The van der Waals surface area contributed by atoms with Gasteiger partial charge in [0.15, 0.2) is 0 Å². The summed E-state index contributed by atoms with van der Waals surface area (Å²) in [6, 6.07) is 15.2. The monoisotopic (exact) mass is 400 g/mol. The quantitative estimate of drug-likeness (QED) is 0.654. The van der Waals surface area contributed by atoms with Crippen molar-refractivity contribution in [1.29, 1.82) is 0 Å². The molecular weight excluding hydrogens is 376 g/mol. The van der Waals surface area contributed by atoms with Gasteiger partial charge in [-0.1, -0.05) is 18.2 Å². The summed E-state index contributed by atoms with van der Waals surface area (Å²) in [5.41, 5.74) is 4.07. The molecule has 0 bridgehead atoms. The van der Waals surface area contributed by atoms with Crippen molar-refractivity contribution in [2.45, 2.75) is 26.3 Å². The van der Waals surface area contributed by atoms with Crippen LogP contribution >= 0.6 is 0 Å². The summed E-state index contributed by atoms with van der Waals surface area (Å²) >= 11 is 0. The van der Waals surface area contributed by atoms with Crippen LogP contribution in [0.2, 0.25) is 0 Å². The van der Waals surface area contributed by atoms with Crippen LogP contribution in [0.3, 0.4) is 0 Å². The van der Waals surface area contributed by atoms with Gasteiger partial charge in [0.05, 0.1) is 11.3 Å². The fourth-order valence-electron chi connectivity index (χ4n) is 3.27. The lowest BCUT2D eigenvalue weighted by Crippen LogP contribution is -2.30. The van der Waals surface area contributed by atoms with Crippen molar-refractivity contribution in [3.63, 3.8) is 0 Å². The summed E-state index contributed by atoms with van der Waals surface area (Å²) < 4.78 is 0. The Kier molecular flexibility index (Phi) is 5.84. The first-order chi connectivity index (χ1) is 14.6. The Balaban J connectivity index is 1.40. The van der Waals surface area contributed by atoms with E-state index in [1.54, 1.807) is 31.6 Å². The van der Waals surface area contributed by atoms with E-state index < -0.39 is 0 Å². The van der Waals surface area contributed by atoms with E-state index in [1.807, 2.05) is 47.4 Å². The van der Waals surface area contributed by atoms with Gasteiger partial charge in [-0.25, -0.2) is 0 Å². The highest BCUT2D eigenvalue weighted by Gasteiger charge is 2.26. The SMILES string of the molecule is CC(=O)N(CC1CC1)c1ccc(-c2ccc(C(=O)NCc3cccnc3)cn2)cc1. The summed E-state index contributed by atoms with van der Waals surface area (Å²) in [6.07, 6.45) is 7.41. The topological polar surface area (TPSA) is 75.2 Å². The van der Waals surface area contributed by atoms with Crippen molar-refractivity contribution in [3.05, 3.63) is 78.2 Å². The molecule has 0 aliphatic heterocycles. The second-order valence-electron chi connectivity index (χ2n) is 7.60. The summed E-state index contributed by atoms with van der Waals surface area (Å²) in [6.45, 7) is 2.81. The van der Waals surface area contributed by atoms with E-state index in [4.69, 9.17) is 0 Å². The Bertz CT molecular complexity index is 1010. The van der Waals surface area contributed by atoms with Gasteiger partial charge in [-0.2, -0.15) is 0 Å². The average molecular weight is 400 g/mol. The maximum Gasteiger partial charge on any atom is 0.253 e. The highest BCUT2D eigenvalue weighted by molar-refractivity contribution is 5.94. The molecule has 0 spiro atoms. The Hall–Kier alpha value is -3.54. The maximum absolute atomic E-state index is 12.3. The van der Waals surface area contributed by atoms with Crippen LogP contribution in [-0.2, 0) is 11.3 Å². The van der Waals surface area contributed by atoms with Gasteiger partial charge in [0.2, 0.25) is 5.91 Å². The van der Waals surface area contributed by atoms with Crippen LogP contribution in [0, 0.1) is 5.92 Å². The fourth-order valence-corrected chi connectivity index (χ4v) is 3.27. The van der Waals surface area contributed by atoms with Crippen LogP contribution in [-0.4, -0.2) is 28.3 Å². The molecule has 2 heterocycles. The molecule has 152 valence electrons. The van der Waals surface area contributed by atoms with E-state index in [0.29, 0.717) is 18.0 Å². The van der Waals surface area contributed by atoms with Crippen LogP contribution in [0.1, 0.15) is 35.7 Å². The standard InChI is InChI=1S/C24H24N4O2/c1-17(29)28(16-18-4-5-18)22-9-6-20(7-10-22)23-11-8-21(15-26-23)24(30)27-14-19-3-2-12-25-13-19/h2-3,6-13,15,18H,4-5,14,16H2,1H3,(H,27,30). The maximum atomic E-state index is 12.3. The van der Waals surface area contributed by atoms with E-state index in [1.165, 1.54) is 12.8 Å². The molecule has 6 nitrogen and oxygen atoms in total. The second-order valence-corrected chi connectivity index (χ2v) is 7.60. The number of anilines is 1. The lowest BCUT2D eigenvalue weighted by Gasteiger charge is -2.21. The molecule has 0 radical (unpaired) electrons. The number of benzene rings is 1. The van der Waals surface area contributed by atoms with Gasteiger partial charge in [-0.15, -0.1) is 0 Å². The molecule has 3 aromatic rings. The van der Waals surface area contributed by atoms with E-state index in [0.717, 1.165) is 29.1 Å². The summed E-state index contributed by atoms with van der Waals surface area (Å²) in [4.78, 5) is 34.6. The van der Waals surface area contributed by atoms with Gasteiger partial charge in [0, 0.05) is 49.9 Å². The Labute approximate surface area is 176 Å². The number of nitrogens with zero attached hydrogens (tertiary/aromatic N) is 3. The van der Waals surface area contributed by atoms with Crippen LogP contribution in [0.25, 0.3) is 11.3 Å². The number of hydrogen-bond acceptors (Lipinski definition) is 4. The molecule has 2 aromatic heterocycles. The smallest absolute Gasteiger partial charge is 0.253 e. The van der Waals surface area contributed by atoms with Crippen molar-refractivity contribution < 1.29 is 9.59 Å². The first kappa shape index (κ1) is 19.8. The number of pyridine rings is 2. The minimum Gasteiger partial charge on any atom is -0.348 e. The van der Waals surface area contributed by atoms with E-state index in [-0.39, 0.29) is 11.8 Å². The van der Waals surface area contributed by atoms with Gasteiger partial charge in [-0.05, 0) is 54.7 Å². The largest absolute Gasteiger partial charge is 0.348 e. The van der Waals surface area contributed by atoms with Gasteiger partial charge >= 0.3 is 0 Å². The molecule has 0 atom stereocenters. The third-order valence-corrected chi connectivity index (χ3v) is 5.19. The second kappa shape index (κ2) is 8.86. The number of nitrogens with one attached hydrogen (secondary N) is 1. The minimum absolute atomic E-state index is 0.0643. The zero-order valence-corrected chi connectivity index (χ0v) is 16.9. The summed E-state index contributed by atoms with van der Waals surface area (Å²) in [7, 11) is 0. The molecular formula is C24H24N4O2. The van der Waals surface area contributed by atoms with Crippen LogP contribution in [0.4, 0.5) is 5.69 Å². The molecule has 4 rings (SSSR count). The van der Waals surface area contributed by atoms with E-state index in [2.05, 4.69) is 15.3 Å². The third-order valence-electron chi connectivity index (χ3n) is 5.19. The number of rotatable bonds is 7. The zero-order valence-electron chi connectivity index (χ0n) is 16.9. The Morgan fingerprint density at radius 1 is 1.07 bits per heavy atom. The number of aromatic nitrogens is 2. The first-order valence-electron chi connectivity index (χ1n) is 10.1. The van der Waals surface area contributed by atoms with Crippen LogP contribution in [0.5, 0.6) is 0 Å². The van der Waals surface area contributed by atoms with Crippen molar-refractivity contribution in [1.82, 2.24) is 15.3 Å². The van der Waals surface area contributed by atoms with Crippen LogP contribution in [0.15, 0.2) is 67.1 Å². The van der Waals surface area contributed by atoms with E-state index in [9.17, 15) is 9.59 Å². The molecule has 6 heteroatoms. The predicted molar refractivity (Wildman–Crippen MR) is 116 cm³/mol. The molecule has 0 unspecified atom stereocenters. The molecule has 0 saturated heterocycles. The lowest BCUT2D eigenvalue weighted by molar-refractivity contribution is -0.116. The molecule has 1 N–H and O–H groups in total. The fraction of sp³-hybridized carbons (Fsp3) is 0.250. The predicted octanol–water partition coefficient (Wildman–Crippen LogP) is 3.84. The van der Waals surface area contributed by atoms with Crippen molar-refractivity contribution >= 4 is 17.5 Å². The van der Waals surface area contributed by atoms with Gasteiger partial charge < -0.3 is 10.2 Å². The highest BCUT2D eigenvalue weighted by atomic mass is 16.2. The van der Waals surface area contributed by atoms with Gasteiger partial charge in [0.25, 0.3) is 5.91 Å². The zero-order chi connectivity index (χ0) is 20.9.